The topological polar surface area (TPSA) is 58.9 Å². The molecule has 0 spiro atoms. The minimum Gasteiger partial charge on any atom is -0.352 e. The molecule has 22 heavy (non-hydrogen) atoms. The van der Waals surface area contributed by atoms with Crippen LogP contribution in [0.25, 0.3) is 5.69 Å². The molecule has 118 valence electrons. The first-order valence-corrected chi connectivity index (χ1v) is 7.29. The van der Waals surface area contributed by atoms with Crippen molar-refractivity contribution in [1.82, 2.24) is 20.4 Å². The fourth-order valence-electron chi connectivity index (χ4n) is 2.26. The molecule has 0 saturated carbocycles. The Morgan fingerprint density at radius 1 is 1.27 bits per heavy atom. The molecule has 0 atom stereocenters. The molecule has 2 rings (SSSR count). The number of aryl methyl sites for hydroxylation is 2. The second kappa shape index (κ2) is 7.17. The molecule has 2 N–H and O–H groups in total. The molecule has 0 bridgehead atoms. The summed E-state index contributed by atoms with van der Waals surface area (Å²) in [6.07, 6.45) is 0.828. The Labute approximate surface area is 129 Å². The van der Waals surface area contributed by atoms with Crippen molar-refractivity contribution < 1.29 is 9.18 Å². The zero-order valence-corrected chi connectivity index (χ0v) is 13.1. The number of halogens is 1. The number of rotatable bonds is 6. The molecule has 6 heteroatoms. The van der Waals surface area contributed by atoms with Crippen LogP contribution in [0.15, 0.2) is 24.3 Å². The Balaban J connectivity index is 2.12. The Hall–Kier alpha value is -2.21. The summed E-state index contributed by atoms with van der Waals surface area (Å²) in [5, 5.41) is 10.0. The number of hydrogen-bond acceptors (Lipinski definition) is 3. The lowest BCUT2D eigenvalue weighted by Crippen LogP contribution is -2.26. The van der Waals surface area contributed by atoms with Crippen molar-refractivity contribution in [3.63, 3.8) is 0 Å². The molecule has 1 heterocycles. The first-order chi connectivity index (χ1) is 10.5. The molecular weight excluding hydrogens is 283 g/mol. The summed E-state index contributed by atoms with van der Waals surface area (Å²) in [6.45, 7) is 5.10. The maximum atomic E-state index is 14.3. The number of benzene rings is 1. The molecule has 1 aromatic heterocycles. The van der Waals surface area contributed by atoms with Crippen LogP contribution in [0.3, 0.4) is 0 Å². The number of carbonyl (C=O) groups excluding carboxylic acids is 1. The van der Waals surface area contributed by atoms with Crippen molar-refractivity contribution in [3.8, 4) is 5.69 Å². The van der Waals surface area contributed by atoms with E-state index < -0.39 is 5.82 Å². The van der Waals surface area contributed by atoms with Gasteiger partial charge >= 0.3 is 0 Å². The number of nitrogens with zero attached hydrogens (tertiary/aromatic N) is 2. The number of amides is 1. The second-order valence-corrected chi connectivity index (χ2v) is 5.22. The summed E-state index contributed by atoms with van der Waals surface area (Å²) in [5.41, 5.74) is 2.33. The molecule has 0 unspecified atom stereocenters. The molecule has 1 amide bonds. The molecule has 0 aliphatic carbocycles. The van der Waals surface area contributed by atoms with E-state index in [4.69, 9.17) is 0 Å². The summed E-state index contributed by atoms with van der Waals surface area (Å²) in [4.78, 5) is 12.0. The van der Waals surface area contributed by atoms with Gasteiger partial charge in [-0.15, -0.1) is 0 Å². The van der Waals surface area contributed by atoms with Gasteiger partial charge in [0.1, 0.15) is 11.5 Å². The van der Waals surface area contributed by atoms with Crippen LogP contribution < -0.4 is 10.6 Å². The van der Waals surface area contributed by atoms with Gasteiger partial charge in [-0.25, -0.2) is 9.07 Å². The summed E-state index contributed by atoms with van der Waals surface area (Å²) in [5.74, 6) is -0.732. The number of nitrogens with one attached hydrogen (secondary N) is 2. The van der Waals surface area contributed by atoms with E-state index in [1.807, 2.05) is 27.0 Å². The van der Waals surface area contributed by atoms with Crippen LogP contribution in [0.1, 0.15) is 28.2 Å². The fraction of sp³-hybridized carbons (Fsp3) is 0.375. The maximum Gasteiger partial charge on any atom is 0.251 e. The highest BCUT2D eigenvalue weighted by Crippen LogP contribution is 2.17. The molecule has 0 aliphatic rings. The van der Waals surface area contributed by atoms with Crippen LogP contribution in [0, 0.1) is 19.7 Å². The van der Waals surface area contributed by atoms with Crippen molar-refractivity contribution in [2.75, 3.05) is 20.1 Å². The summed E-state index contributed by atoms with van der Waals surface area (Å²) < 4.78 is 15.8. The average Bonchev–Trinajstić information content (AvgIpc) is 2.82. The zero-order valence-electron chi connectivity index (χ0n) is 13.1. The smallest absolute Gasteiger partial charge is 0.251 e. The lowest BCUT2D eigenvalue weighted by atomic mass is 10.1. The minimum absolute atomic E-state index is 0.269. The monoisotopic (exact) mass is 304 g/mol. The Morgan fingerprint density at radius 3 is 2.64 bits per heavy atom. The van der Waals surface area contributed by atoms with Gasteiger partial charge in [0, 0.05) is 17.8 Å². The fourth-order valence-corrected chi connectivity index (χ4v) is 2.26. The Morgan fingerprint density at radius 2 is 2.05 bits per heavy atom. The third kappa shape index (κ3) is 3.71. The quantitative estimate of drug-likeness (QED) is 0.802. The van der Waals surface area contributed by atoms with Gasteiger partial charge < -0.3 is 10.6 Å². The van der Waals surface area contributed by atoms with Gasteiger partial charge in [0.25, 0.3) is 5.91 Å². The molecule has 1 aromatic carbocycles. The highest BCUT2D eigenvalue weighted by Gasteiger charge is 2.12. The van der Waals surface area contributed by atoms with E-state index in [0.717, 1.165) is 24.4 Å². The second-order valence-electron chi connectivity index (χ2n) is 5.22. The molecule has 2 aromatic rings. The predicted octanol–water partition coefficient (Wildman–Crippen LogP) is 1.97. The molecule has 0 aliphatic heterocycles. The highest BCUT2D eigenvalue weighted by atomic mass is 19.1. The molecular formula is C16H21FN4O. The first kappa shape index (κ1) is 16.2. The molecule has 0 saturated heterocycles. The number of carbonyl (C=O) groups is 1. The largest absolute Gasteiger partial charge is 0.352 e. The SMILES string of the molecule is CNCCCNC(=O)c1ccc(-n2nc(C)cc2C)c(F)c1. The van der Waals surface area contributed by atoms with Crippen molar-refractivity contribution >= 4 is 5.91 Å². The van der Waals surface area contributed by atoms with E-state index in [0.29, 0.717) is 17.8 Å². The van der Waals surface area contributed by atoms with Gasteiger partial charge in [-0.1, -0.05) is 0 Å². The van der Waals surface area contributed by atoms with Gasteiger partial charge in [0.15, 0.2) is 0 Å². The lowest BCUT2D eigenvalue weighted by Gasteiger charge is -2.09. The normalized spacial score (nSPS) is 10.7. The molecule has 0 fully saturated rings. The van der Waals surface area contributed by atoms with Crippen LogP contribution in [0.5, 0.6) is 0 Å². The van der Waals surface area contributed by atoms with Gasteiger partial charge in [0.2, 0.25) is 0 Å². The Kier molecular flexibility index (Phi) is 5.27. The van der Waals surface area contributed by atoms with E-state index in [1.165, 1.54) is 6.07 Å². The van der Waals surface area contributed by atoms with Gasteiger partial charge in [0.05, 0.1) is 5.69 Å². The zero-order chi connectivity index (χ0) is 16.1. The average molecular weight is 304 g/mol. The van der Waals surface area contributed by atoms with Gasteiger partial charge in [-0.2, -0.15) is 5.10 Å². The van der Waals surface area contributed by atoms with Crippen LogP contribution in [-0.4, -0.2) is 35.8 Å². The number of hydrogen-bond donors (Lipinski definition) is 2. The van der Waals surface area contributed by atoms with Gasteiger partial charge in [-0.05, 0) is 58.1 Å². The van der Waals surface area contributed by atoms with E-state index in [1.54, 1.807) is 16.8 Å². The van der Waals surface area contributed by atoms with Crippen LogP contribution in [0.4, 0.5) is 4.39 Å². The van der Waals surface area contributed by atoms with Crippen molar-refractivity contribution in [1.29, 1.82) is 0 Å². The standard InChI is InChI=1S/C16H21FN4O/c1-11-9-12(2)21(20-11)15-6-5-13(10-14(15)17)16(22)19-8-4-7-18-3/h5-6,9-10,18H,4,7-8H2,1-3H3,(H,19,22). The van der Waals surface area contributed by atoms with Crippen molar-refractivity contribution in [2.45, 2.75) is 20.3 Å². The van der Waals surface area contributed by atoms with Crippen molar-refractivity contribution in [3.05, 3.63) is 47.0 Å². The first-order valence-electron chi connectivity index (χ1n) is 7.29. The van der Waals surface area contributed by atoms with E-state index >= 15 is 0 Å². The molecule has 5 nitrogen and oxygen atoms in total. The summed E-state index contributed by atoms with van der Waals surface area (Å²) >= 11 is 0. The number of aromatic nitrogens is 2. The van der Waals surface area contributed by atoms with Crippen LogP contribution in [-0.2, 0) is 0 Å². The van der Waals surface area contributed by atoms with Crippen LogP contribution >= 0.6 is 0 Å². The van der Waals surface area contributed by atoms with Crippen molar-refractivity contribution in [2.24, 2.45) is 0 Å². The summed E-state index contributed by atoms with van der Waals surface area (Å²) in [6, 6.07) is 6.32. The van der Waals surface area contributed by atoms with Gasteiger partial charge in [-0.3, -0.25) is 4.79 Å². The van der Waals surface area contributed by atoms with Crippen LogP contribution in [0.2, 0.25) is 0 Å². The summed E-state index contributed by atoms with van der Waals surface area (Å²) in [7, 11) is 1.86. The third-order valence-electron chi connectivity index (χ3n) is 3.34. The van der Waals surface area contributed by atoms with E-state index in [9.17, 15) is 9.18 Å². The van der Waals surface area contributed by atoms with E-state index in [2.05, 4.69) is 15.7 Å². The lowest BCUT2D eigenvalue weighted by molar-refractivity contribution is 0.0953. The Bertz CT molecular complexity index is 666. The molecule has 0 radical (unpaired) electrons. The van der Waals surface area contributed by atoms with E-state index in [-0.39, 0.29) is 5.91 Å². The minimum atomic E-state index is -0.464. The third-order valence-corrected chi connectivity index (χ3v) is 3.34. The predicted molar refractivity (Wildman–Crippen MR) is 83.9 cm³/mol. The highest BCUT2D eigenvalue weighted by molar-refractivity contribution is 5.94. The maximum absolute atomic E-state index is 14.3.